The average Bonchev–Trinajstić information content (AvgIpc) is 2.22. The average molecular weight is 254 g/mol. The first-order valence-electron chi connectivity index (χ1n) is 5.87. The van der Waals surface area contributed by atoms with Crippen molar-refractivity contribution in [3.63, 3.8) is 0 Å². The highest BCUT2D eigenvalue weighted by molar-refractivity contribution is 5.96. The highest BCUT2D eigenvalue weighted by Crippen LogP contribution is 2.20. The smallest absolute Gasteiger partial charge is 0.163 e. The molecule has 100 valence electrons. The molecule has 0 unspecified atom stereocenters. The van der Waals surface area contributed by atoms with Crippen LogP contribution in [0.25, 0.3) is 0 Å². The standard InChI is InChI=1S/C14H19FO3/c1-10(16)12-6-5-11(15)9-13(12)17-7-8-18-14(2,3)4/h5-6,9H,7-8H2,1-4H3. The molecular weight excluding hydrogens is 235 g/mol. The van der Waals surface area contributed by atoms with Gasteiger partial charge in [-0.15, -0.1) is 0 Å². The van der Waals surface area contributed by atoms with E-state index in [4.69, 9.17) is 9.47 Å². The maximum atomic E-state index is 13.1. The first-order valence-corrected chi connectivity index (χ1v) is 5.87. The second-order valence-corrected chi connectivity index (χ2v) is 5.01. The molecule has 0 N–H and O–H groups in total. The van der Waals surface area contributed by atoms with Crippen LogP contribution in [0.15, 0.2) is 18.2 Å². The molecule has 0 aliphatic heterocycles. The fourth-order valence-corrected chi connectivity index (χ4v) is 1.41. The third-order valence-electron chi connectivity index (χ3n) is 2.20. The number of halogens is 1. The van der Waals surface area contributed by atoms with Crippen LogP contribution >= 0.6 is 0 Å². The summed E-state index contributed by atoms with van der Waals surface area (Å²) >= 11 is 0. The third-order valence-corrected chi connectivity index (χ3v) is 2.20. The van der Waals surface area contributed by atoms with Crippen LogP contribution in [0.4, 0.5) is 4.39 Å². The number of carbonyl (C=O) groups is 1. The zero-order valence-corrected chi connectivity index (χ0v) is 11.2. The summed E-state index contributed by atoms with van der Waals surface area (Å²) in [5.74, 6) is -0.312. The van der Waals surface area contributed by atoms with Crippen molar-refractivity contribution in [3.05, 3.63) is 29.6 Å². The lowest BCUT2D eigenvalue weighted by Gasteiger charge is -2.19. The van der Waals surface area contributed by atoms with Gasteiger partial charge in [0.1, 0.15) is 18.2 Å². The molecule has 3 nitrogen and oxygen atoms in total. The second kappa shape index (κ2) is 5.96. The van der Waals surface area contributed by atoms with E-state index in [0.717, 1.165) is 0 Å². The van der Waals surface area contributed by atoms with Gasteiger partial charge in [-0.3, -0.25) is 4.79 Å². The Hall–Kier alpha value is -1.42. The Morgan fingerprint density at radius 1 is 1.28 bits per heavy atom. The topological polar surface area (TPSA) is 35.5 Å². The van der Waals surface area contributed by atoms with E-state index in [-0.39, 0.29) is 23.7 Å². The van der Waals surface area contributed by atoms with E-state index in [1.54, 1.807) is 0 Å². The van der Waals surface area contributed by atoms with Gasteiger partial charge in [0, 0.05) is 6.07 Å². The molecule has 0 fully saturated rings. The van der Waals surface area contributed by atoms with Crippen LogP contribution in [0.1, 0.15) is 38.1 Å². The molecule has 0 spiro atoms. The molecule has 18 heavy (non-hydrogen) atoms. The van der Waals surface area contributed by atoms with E-state index >= 15 is 0 Å². The van der Waals surface area contributed by atoms with Crippen LogP contribution in [0.5, 0.6) is 5.75 Å². The third kappa shape index (κ3) is 4.84. The van der Waals surface area contributed by atoms with E-state index in [1.807, 2.05) is 20.8 Å². The van der Waals surface area contributed by atoms with Gasteiger partial charge in [-0.2, -0.15) is 0 Å². The predicted molar refractivity (Wildman–Crippen MR) is 67.6 cm³/mol. The Morgan fingerprint density at radius 2 is 1.94 bits per heavy atom. The van der Waals surface area contributed by atoms with E-state index in [2.05, 4.69) is 0 Å². The number of hydrogen-bond donors (Lipinski definition) is 0. The fourth-order valence-electron chi connectivity index (χ4n) is 1.41. The summed E-state index contributed by atoms with van der Waals surface area (Å²) in [6, 6.07) is 3.89. The van der Waals surface area contributed by atoms with Crippen LogP contribution in [0, 0.1) is 5.82 Å². The van der Waals surface area contributed by atoms with Gasteiger partial charge in [-0.25, -0.2) is 4.39 Å². The molecule has 1 rings (SSSR count). The fraction of sp³-hybridized carbons (Fsp3) is 0.500. The minimum atomic E-state index is -0.424. The highest BCUT2D eigenvalue weighted by Gasteiger charge is 2.12. The van der Waals surface area contributed by atoms with Gasteiger partial charge in [0.25, 0.3) is 0 Å². The lowest BCUT2D eigenvalue weighted by molar-refractivity contribution is -0.0164. The molecule has 0 aliphatic carbocycles. The molecule has 0 saturated heterocycles. The number of ether oxygens (including phenoxy) is 2. The highest BCUT2D eigenvalue weighted by atomic mass is 19.1. The molecule has 0 aliphatic rings. The van der Waals surface area contributed by atoms with Crippen molar-refractivity contribution < 1.29 is 18.7 Å². The zero-order valence-electron chi connectivity index (χ0n) is 11.2. The van der Waals surface area contributed by atoms with Crippen molar-refractivity contribution in [3.8, 4) is 5.75 Å². The minimum absolute atomic E-state index is 0.151. The van der Waals surface area contributed by atoms with Gasteiger partial charge in [-0.05, 0) is 39.8 Å². The SMILES string of the molecule is CC(=O)c1ccc(F)cc1OCCOC(C)(C)C. The molecular formula is C14H19FO3. The van der Waals surface area contributed by atoms with E-state index in [0.29, 0.717) is 12.2 Å². The van der Waals surface area contributed by atoms with Crippen LogP contribution in [0.2, 0.25) is 0 Å². The maximum absolute atomic E-state index is 13.1. The Bertz CT molecular complexity index is 422. The number of carbonyl (C=O) groups excluding carboxylic acids is 1. The van der Waals surface area contributed by atoms with E-state index < -0.39 is 5.82 Å². The number of rotatable bonds is 5. The van der Waals surface area contributed by atoms with Crippen molar-refractivity contribution in [1.29, 1.82) is 0 Å². The molecule has 0 bridgehead atoms. The van der Waals surface area contributed by atoms with Gasteiger partial charge in [0.2, 0.25) is 0 Å². The number of hydrogen-bond acceptors (Lipinski definition) is 3. The van der Waals surface area contributed by atoms with Gasteiger partial charge >= 0.3 is 0 Å². The summed E-state index contributed by atoms with van der Waals surface area (Å²) in [7, 11) is 0. The Kier molecular flexibility index (Phi) is 4.84. The van der Waals surface area contributed by atoms with Crippen molar-refractivity contribution >= 4 is 5.78 Å². The normalized spacial score (nSPS) is 11.4. The van der Waals surface area contributed by atoms with Gasteiger partial charge in [-0.1, -0.05) is 0 Å². The molecule has 1 aromatic rings. The van der Waals surface area contributed by atoms with Crippen LogP contribution < -0.4 is 4.74 Å². The Labute approximate surface area is 107 Å². The van der Waals surface area contributed by atoms with Crippen molar-refractivity contribution in [2.24, 2.45) is 0 Å². The van der Waals surface area contributed by atoms with Crippen molar-refractivity contribution in [2.45, 2.75) is 33.3 Å². The first kappa shape index (κ1) is 14.6. The Balaban J connectivity index is 2.61. The summed E-state index contributed by atoms with van der Waals surface area (Å²) in [4.78, 5) is 11.3. The van der Waals surface area contributed by atoms with Crippen LogP contribution in [-0.2, 0) is 4.74 Å². The second-order valence-electron chi connectivity index (χ2n) is 5.01. The molecule has 0 amide bonds. The zero-order chi connectivity index (χ0) is 13.8. The van der Waals surface area contributed by atoms with Gasteiger partial charge in [0.15, 0.2) is 5.78 Å². The van der Waals surface area contributed by atoms with E-state index in [9.17, 15) is 9.18 Å². The number of benzene rings is 1. The molecule has 4 heteroatoms. The molecule has 0 saturated carbocycles. The summed E-state index contributed by atoms with van der Waals surface area (Å²) in [5, 5.41) is 0. The van der Waals surface area contributed by atoms with Gasteiger partial charge < -0.3 is 9.47 Å². The summed E-state index contributed by atoms with van der Waals surface area (Å²) < 4.78 is 24.0. The van der Waals surface area contributed by atoms with Crippen LogP contribution in [-0.4, -0.2) is 24.6 Å². The van der Waals surface area contributed by atoms with Crippen molar-refractivity contribution in [2.75, 3.05) is 13.2 Å². The summed E-state index contributed by atoms with van der Waals surface area (Å²) in [6.07, 6.45) is 0. The van der Waals surface area contributed by atoms with Crippen LogP contribution in [0.3, 0.4) is 0 Å². The Morgan fingerprint density at radius 3 is 2.50 bits per heavy atom. The maximum Gasteiger partial charge on any atom is 0.163 e. The molecule has 1 aromatic carbocycles. The molecule has 0 radical (unpaired) electrons. The van der Waals surface area contributed by atoms with Gasteiger partial charge in [0.05, 0.1) is 17.8 Å². The first-order chi connectivity index (χ1) is 8.29. The molecule has 0 aromatic heterocycles. The molecule has 0 heterocycles. The largest absolute Gasteiger partial charge is 0.490 e. The number of ketones is 1. The lowest BCUT2D eigenvalue weighted by Crippen LogP contribution is -2.22. The monoisotopic (exact) mass is 254 g/mol. The van der Waals surface area contributed by atoms with Crippen molar-refractivity contribution in [1.82, 2.24) is 0 Å². The number of Topliss-reactive ketones (excluding diaryl/α,β-unsaturated/α-hetero) is 1. The quantitative estimate of drug-likeness (QED) is 0.598. The minimum Gasteiger partial charge on any atom is -0.490 e. The summed E-state index contributed by atoms with van der Waals surface area (Å²) in [6.45, 7) is 7.91. The van der Waals surface area contributed by atoms with E-state index in [1.165, 1.54) is 25.1 Å². The molecule has 0 atom stereocenters. The lowest BCUT2D eigenvalue weighted by atomic mass is 10.1. The summed E-state index contributed by atoms with van der Waals surface area (Å²) in [5.41, 5.74) is 0.140. The predicted octanol–water partition coefficient (Wildman–Crippen LogP) is 3.22.